The van der Waals surface area contributed by atoms with Crippen LogP contribution in [0.2, 0.25) is 0 Å². The quantitative estimate of drug-likeness (QED) is 0.716. The number of nitrogens with zero attached hydrogens (tertiary/aromatic N) is 3. The van der Waals surface area contributed by atoms with Crippen LogP contribution >= 0.6 is 15.9 Å². The van der Waals surface area contributed by atoms with Gasteiger partial charge in [-0.05, 0) is 23.8 Å². The molecule has 102 valence electrons. The SMILES string of the molecule is N#CCc1ccccc1-c1nc(-c2cccc(Br)c2)no1. The molecule has 0 saturated heterocycles. The lowest BCUT2D eigenvalue weighted by molar-refractivity contribution is 0.432. The van der Waals surface area contributed by atoms with Crippen molar-refractivity contribution in [3.05, 3.63) is 58.6 Å². The molecule has 0 aliphatic carbocycles. The molecular weight excluding hydrogens is 330 g/mol. The van der Waals surface area contributed by atoms with Gasteiger partial charge in [-0.25, -0.2) is 0 Å². The van der Waals surface area contributed by atoms with Crippen LogP contribution in [-0.2, 0) is 6.42 Å². The average molecular weight is 340 g/mol. The molecule has 0 saturated carbocycles. The van der Waals surface area contributed by atoms with Crippen LogP contribution in [0.5, 0.6) is 0 Å². The maximum atomic E-state index is 8.88. The molecule has 5 heteroatoms. The van der Waals surface area contributed by atoms with Crippen LogP contribution in [0.15, 0.2) is 57.5 Å². The highest BCUT2D eigenvalue weighted by molar-refractivity contribution is 9.10. The summed E-state index contributed by atoms with van der Waals surface area (Å²) in [6, 6.07) is 17.4. The van der Waals surface area contributed by atoms with E-state index >= 15 is 0 Å². The molecule has 21 heavy (non-hydrogen) atoms. The number of hydrogen-bond donors (Lipinski definition) is 0. The van der Waals surface area contributed by atoms with E-state index in [1.165, 1.54) is 0 Å². The van der Waals surface area contributed by atoms with Crippen molar-refractivity contribution in [2.24, 2.45) is 0 Å². The summed E-state index contributed by atoms with van der Waals surface area (Å²) >= 11 is 3.42. The summed E-state index contributed by atoms with van der Waals surface area (Å²) in [6.45, 7) is 0. The van der Waals surface area contributed by atoms with Gasteiger partial charge in [0, 0.05) is 15.6 Å². The molecule has 0 bridgehead atoms. The van der Waals surface area contributed by atoms with Crippen LogP contribution in [0.4, 0.5) is 0 Å². The fourth-order valence-corrected chi connectivity index (χ4v) is 2.45. The zero-order valence-electron chi connectivity index (χ0n) is 11.0. The third-order valence-electron chi connectivity index (χ3n) is 3.03. The van der Waals surface area contributed by atoms with Crippen molar-refractivity contribution in [1.29, 1.82) is 5.26 Å². The summed E-state index contributed by atoms with van der Waals surface area (Å²) in [6.07, 6.45) is 0.310. The molecule has 0 radical (unpaired) electrons. The van der Waals surface area contributed by atoms with Gasteiger partial charge in [0.05, 0.1) is 12.5 Å². The van der Waals surface area contributed by atoms with E-state index < -0.39 is 0 Å². The van der Waals surface area contributed by atoms with Gasteiger partial charge in [-0.15, -0.1) is 0 Å². The molecule has 0 aliphatic heterocycles. The fourth-order valence-electron chi connectivity index (χ4n) is 2.05. The summed E-state index contributed by atoms with van der Waals surface area (Å²) in [5.74, 6) is 0.953. The Morgan fingerprint density at radius 2 is 2.00 bits per heavy atom. The summed E-state index contributed by atoms with van der Waals surface area (Å²) in [4.78, 5) is 4.43. The highest BCUT2D eigenvalue weighted by atomic mass is 79.9. The predicted molar refractivity (Wildman–Crippen MR) is 82.2 cm³/mol. The van der Waals surface area contributed by atoms with Gasteiger partial charge in [0.25, 0.3) is 5.89 Å². The van der Waals surface area contributed by atoms with Gasteiger partial charge in [-0.3, -0.25) is 0 Å². The molecule has 0 atom stereocenters. The average Bonchev–Trinajstić information content (AvgIpc) is 2.98. The van der Waals surface area contributed by atoms with Gasteiger partial charge in [0.1, 0.15) is 0 Å². The largest absolute Gasteiger partial charge is 0.334 e. The zero-order valence-corrected chi connectivity index (χ0v) is 12.5. The van der Waals surface area contributed by atoms with Crippen LogP contribution in [0.3, 0.4) is 0 Å². The number of aromatic nitrogens is 2. The lowest BCUT2D eigenvalue weighted by atomic mass is 10.1. The molecule has 3 aromatic rings. The molecule has 1 aromatic heterocycles. The predicted octanol–water partition coefficient (Wildman–Crippen LogP) is 4.23. The molecule has 1 heterocycles. The second-order valence-electron chi connectivity index (χ2n) is 4.43. The highest BCUT2D eigenvalue weighted by Crippen LogP contribution is 2.26. The minimum Gasteiger partial charge on any atom is -0.334 e. The number of hydrogen-bond acceptors (Lipinski definition) is 4. The third-order valence-corrected chi connectivity index (χ3v) is 3.52. The molecule has 3 rings (SSSR count). The lowest BCUT2D eigenvalue weighted by Gasteiger charge is -2.00. The smallest absolute Gasteiger partial charge is 0.258 e. The minimum absolute atomic E-state index is 0.310. The van der Waals surface area contributed by atoms with Crippen LogP contribution in [0.25, 0.3) is 22.8 Å². The van der Waals surface area contributed by atoms with E-state index in [9.17, 15) is 0 Å². The Balaban J connectivity index is 2.01. The Morgan fingerprint density at radius 1 is 1.14 bits per heavy atom. The van der Waals surface area contributed by atoms with Crippen molar-refractivity contribution in [3.8, 4) is 28.9 Å². The van der Waals surface area contributed by atoms with Gasteiger partial charge in [-0.1, -0.05) is 51.4 Å². The molecular formula is C16H10BrN3O. The lowest BCUT2D eigenvalue weighted by Crippen LogP contribution is -1.88. The summed E-state index contributed by atoms with van der Waals surface area (Å²) in [7, 11) is 0. The Bertz CT molecular complexity index is 820. The Kier molecular flexibility index (Phi) is 3.80. The van der Waals surface area contributed by atoms with Gasteiger partial charge >= 0.3 is 0 Å². The van der Waals surface area contributed by atoms with Crippen LogP contribution < -0.4 is 0 Å². The Hall–Kier alpha value is -2.45. The fraction of sp³-hybridized carbons (Fsp3) is 0.0625. The van der Waals surface area contributed by atoms with E-state index in [2.05, 4.69) is 32.1 Å². The molecule has 0 unspecified atom stereocenters. The molecule has 0 N–H and O–H groups in total. The van der Waals surface area contributed by atoms with Crippen molar-refractivity contribution in [1.82, 2.24) is 10.1 Å². The molecule has 2 aromatic carbocycles. The summed E-state index contributed by atoms with van der Waals surface area (Å²) in [5.41, 5.74) is 2.55. The standard InChI is InChI=1S/C16H10BrN3O/c17-13-6-3-5-12(10-13)15-19-16(21-20-15)14-7-2-1-4-11(14)8-9-18/h1-7,10H,8H2. The Morgan fingerprint density at radius 3 is 2.81 bits per heavy atom. The molecule has 0 aliphatic rings. The van der Waals surface area contributed by atoms with Gasteiger partial charge < -0.3 is 4.52 Å². The molecule has 0 amide bonds. The third kappa shape index (κ3) is 2.86. The number of rotatable bonds is 3. The first-order chi connectivity index (χ1) is 10.3. The second kappa shape index (κ2) is 5.90. The molecule has 4 nitrogen and oxygen atoms in total. The monoisotopic (exact) mass is 339 g/mol. The minimum atomic E-state index is 0.310. The van der Waals surface area contributed by atoms with Gasteiger partial charge in [0.2, 0.25) is 5.82 Å². The zero-order chi connectivity index (χ0) is 14.7. The van der Waals surface area contributed by atoms with Gasteiger partial charge in [0.15, 0.2) is 0 Å². The second-order valence-corrected chi connectivity index (χ2v) is 5.34. The first-order valence-corrected chi connectivity index (χ1v) is 7.12. The van der Waals surface area contributed by atoms with E-state index in [4.69, 9.17) is 9.78 Å². The van der Waals surface area contributed by atoms with Crippen LogP contribution in [0, 0.1) is 11.3 Å². The van der Waals surface area contributed by atoms with Crippen LogP contribution in [-0.4, -0.2) is 10.1 Å². The molecule has 0 fully saturated rings. The van der Waals surface area contributed by atoms with Gasteiger partial charge in [-0.2, -0.15) is 10.2 Å². The number of benzene rings is 2. The van der Waals surface area contributed by atoms with E-state index in [1.807, 2.05) is 48.5 Å². The number of nitriles is 1. The first-order valence-electron chi connectivity index (χ1n) is 6.33. The van der Waals surface area contributed by atoms with E-state index in [0.29, 0.717) is 18.1 Å². The highest BCUT2D eigenvalue weighted by Gasteiger charge is 2.13. The van der Waals surface area contributed by atoms with E-state index in [-0.39, 0.29) is 0 Å². The van der Waals surface area contributed by atoms with Crippen molar-refractivity contribution in [2.75, 3.05) is 0 Å². The van der Waals surface area contributed by atoms with Crippen molar-refractivity contribution < 1.29 is 4.52 Å². The van der Waals surface area contributed by atoms with E-state index in [0.717, 1.165) is 21.2 Å². The van der Waals surface area contributed by atoms with E-state index in [1.54, 1.807) is 0 Å². The van der Waals surface area contributed by atoms with Crippen molar-refractivity contribution in [3.63, 3.8) is 0 Å². The normalized spacial score (nSPS) is 10.3. The Labute approximate surface area is 130 Å². The maximum absolute atomic E-state index is 8.88. The number of halogens is 1. The summed E-state index contributed by atoms with van der Waals surface area (Å²) in [5, 5.41) is 12.9. The first kappa shape index (κ1) is 13.5. The van der Waals surface area contributed by atoms with Crippen molar-refractivity contribution >= 4 is 15.9 Å². The topological polar surface area (TPSA) is 62.7 Å². The maximum Gasteiger partial charge on any atom is 0.258 e. The van der Waals surface area contributed by atoms with Crippen LogP contribution in [0.1, 0.15) is 5.56 Å². The van der Waals surface area contributed by atoms with Crippen molar-refractivity contribution in [2.45, 2.75) is 6.42 Å². The summed E-state index contributed by atoms with van der Waals surface area (Å²) < 4.78 is 6.30. The molecule has 0 spiro atoms.